The summed E-state index contributed by atoms with van der Waals surface area (Å²) in [4.78, 5) is 26.1. The molecule has 0 spiro atoms. The number of hydrogen-bond donors (Lipinski definition) is 1. The summed E-state index contributed by atoms with van der Waals surface area (Å²) < 4.78 is 66.5. The highest BCUT2D eigenvalue weighted by Crippen LogP contribution is 2.18. The van der Waals surface area contributed by atoms with E-state index in [-0.39, 0.29) is 49.0 Å². The predicted octanol–water partition coefficient (Wildman–Crippen LogP) is 2.54. The molecule has 0 unspecified atom stereocenters. The number of nitrogens with zero attached hydrogens (tertiary/aromatic N) is 2. The van der Waals surface area contributed by atoms with Gasteiger partial charge in [-0.2, -0.15) is 4.31 Å². The molecule has 1 saturated heterocycles. The number of hydrogen-bond acceptors (Lipinski definition) is 4. The molecule has 0 radical (unpaired) electrons. The van der Waals surface area contributed by atoms with Crippen LogP contribution in [0.3, 0.4) is 0 Å². The van der Waals surface area contributed by atoms with Gasteiger partial charge in [-0.3, -0.25) is 9.59 Å². The van der Waals surface area contributed by atoms with Gasteiger partial charge in [0.05, 0.1) is 10.5 Å². The zero-order valence-electron chi connectivity index (χ0n) is 17.8. The minimum Gasteiger partial charge on any atom is -0.352 e. The highest BCUT2D eigenvalue weighted by molar-refractivity contribution is 7.89. The van der Waals surface area contributed by atoms with E-state index < -0.39 is 33.4 Å². The largest absolute Gasteiger partial charge is 0.352 e. The molecule has 3 rings (SSSR count). The molecule has 2 aromatic carbocycles. The van der Waals surface area contributed by atoms with Crippen LogP contribution in [0.25, 0.3) is 0 Å². The molecule has 33 heavy (non-hydrogen) atoms. The Bertz CT molecular complexity index is 1110. The van der Waals surface area contributed by atoms with Crippen molar-refractivity contribution in [2.24, 2.45) is 0 Å². The standard InChI is InChI=1S/C22H24F3N3O4S/c23-16-4-7-18(8-5-16)33(31,32)28-12-2-11-27(13-14-28)21(29)3-1-10-26-22(30)19-9-6-17(24)15-20(19)25/h4-9,15H,1-3,10-14H2,(H,26,30). The molecule has 1 N–H and O–H groups in total. The van der Waals surface area contributed by atoms with E-state index in [9.17, 15) is 31.2 Å². The van der Waals surface area contributed by atoms with Crippen molar-refractivity contribution in [3.05, 3.63) is 65.5 Å². The van der Waals surface area contributed by atoms with Gasteiger partial charge in [0.1, 0.15) is 17.5 Å². The maximum atomic E-state index is 13.6. The number of amides is 2. The second kappa shape index (κ2) is 10.8. The van der Waals surface area contributed by atoms with Crippen molar-refractivity contribution in [2.45, 2.75) is 24.2 Å². The van der Waals surface area contributed by atoms with Crippen LogP contribution in [0.1, 0.15) is 29.6 Å². The molecular weight excluding hydrogens is 459 g/mol. The first-order valence-corrected chi connectivity index (χ1v) is 11.9. The molecule has 0 aromatic heterocycles. The molecule has 1 fully saturated rings. The first-order valence-electron chi connectivity index (χ1n) is 10.5. The van der Waals surface area contributed by atoms with Crippen LogP contribution < -0.4 is 5.32 Å². The summed E-state index contributed by atoms with van der Waals surface area (Å²) in [7, 11) is -3.79. The molecule has 7 nitrogen and oxygen atoms in total. The molecule has 178 valence electrons. The van der Waals surface area contributed by atoms with E-state index in [0.29, 0.717) is 25.5 Å². The fraction of sp³-hybridized carbons (Fsp3) is 0.364. The summed E-state index contributed by atoms with van der Waals surface area (Å²) in [6.07, 6.45) is 0.880. The smallest absolute Gasteiger partial charge is 0.254 e. The lowest BCUT2D eigenvalue weighted by molar-refractivity contribution is -0.131. The SMILES string of the molecule is O=C(NCCCC(=O)N1CCCN(S(=O)(=O)c2ccc(F)cc2)CC1)c1ccc(F)cc1F. The highest BCUT2D eigenvalue weighted by atomic mass is 32.2. The van der Waals surface area contributed by atoms with E-state index in [1.54, 1.807) is 4.90 Å². The van der Waals surface area contributed by atoms with E-state index in [4.69, 9.17) is 0 Å². The fourth-order valence-corrected chi connectivity index (χ4v) is 4.98. The average Bonchev–Trinajstić information content (AvgIpc) is 3.04. The summed E-state index contributed by atoms with van der Waals surface area (Å²) in [6, 6.07) is 7.26. The second-order valence-electron chi connectivity index (χ2n) is 7.58. The molecule has 0 bridgehead atoms. The molecule has 0 atom stereocenters. The number of benzene rings is 2. The molecule has 0 aliphatic carbocycles. The number of nitrogens with one attached hydrogen (secondary N) is 1. The monoisotopic (exact) mass is 483 g/mol. The summed E-state index contributed by atoms with van der Waals surface area (Å²) in [5.41, 5.74) is -0.280. The third-order valence-electron chi connectivity index (χ3n) is 5.29. The minimum absolute atomic E-state index is 0.00277. The summed E-state index contributed by atoms with van der Waals surface area (Å²) in [6.45, 7) is 1.09. The third-order valence-corrected chi connectivity index (χ3v) is 7.20. The van der Waals surface area contributed by atoms with Crippen LogP contribution in [0.5, 0.6) is 0 Å². The van der Waals surface area contributed by atoms with Crippen LogP contribution in [0, 0.1) is 17.5 Å². The average molecular weight is 484 g/mol. The van der Waals surface area contributed by atoms with Crippen molar-refractivity contribution in [3.8, 4) is 0 Å². The molecule has 2 aromatic rings. The van der Waals surface area contributed by atoms with Crippen molar-refractivity contribution in [3.63, 3.8) is 0 Å². The molecule has 0 saturated carbocycles. The van der Waals surface area contributed by atoms with Gasteiger partial charge >= 0.3 is 0 Å². The quantitative estimate of drug-likeness (QED) is 0.614. The van der Waals surface area contributed by atoms with Crippen LogP contribution >= 0.6 is 0 Å². The predicted molar refractivity (Wildman–Crippen MR) is 114 cm³/mol. The van der Waals surface area contributed by atoms with Gasteiger partial charge in [0, 0.05) is 45.2 Å². The van der Waals surface area contributed by atoms with Crippen molar-refractivity contribution < 1.29 is 31.2 Å². The summed E-state index contributed by atoms with van der Waals surface area (Å²) >= 11 is 0. The molecular formula is C22H24F3N3O4S. The van der Waals surface area contributed by atoms with Crippen LogP contribution in [-0.4, -0.2) is 62.2 Å². The molecule has 1 heterocycles. The Hall–Kier alpha value is -2.92. The molecule has 11 heteroatoms. The van der Waals surface area contributed by atoms with Crippen LogP contribution in [0.4, 0.5) is 13.2 Å². The molecule has 1 aliphatic heterocycles. The van der Waals surface area contributed by atoms with Crippen molar-refractivity contribution in [1.29, 1.82) is 0 Å². The first kappa shape index (κ1) is 24.7. The highest BCUT2D eigenvalue weighted by Gasteiger charge is 2.28. The van der Waals surface area contributed by atoms with E-state index in [0.717, 1.165) is 24.3 Å². The van der Waals surface area contributed by atoms with Crippen LogP contribution in [0.2, 0.25) is 0 Å². The fourth-order valence-electron chi connectivity index (χ4n) is 3.51. The molecule has 1 aliphatic rings. The van der Waals surface area contributed by atoms with Gasteiger partial charge < -0.3 is 10.2 Å². The van der Waals surface area contributed by atoms with Crippen molar-refractivity contribution in [1.82, 2.24) is 14.5 Å². The number of rotatable bonds is 7. The van der Waals surface area contributed by atoms with E-state index in [2.05, 4.69) is 5.32 Å². The van der Waals surface area contributed by atoms with Crippen LogP contribution in [0.15, 0.2) is 47.4 Å². The van der Waals surface area contributed by atoms with Gasteiger partial charge in [-0.25, -0.2) is 21.6 Å². The van der Waals surface area contributed by atoms with E-state index >= 15 is 0 Å². The number of halogens is 3. The van der Waals surface area contributed by atoms with Gasteiger partial charge in [0.25, 0.3) is 5.91 Å². The molecule has 2 amide bonds. The normalized spacial score (nSPS) is 15.2. The maximum Gasteiger partial charge on any atom is 0.254 e. The van der Waals surface area contributed by atoms with E-state index in [1.165, 1.54) is 16.4 Å². The Morgan fingerprint density at radius 3 is 2.30 bits per heavy atom. The lowest BCUT2D eigenvalue weighted by Crippen LogP contribution is -2.37. The Kier molecular flexibility index (Phi) is 8.09. The van der Waals surface area contributed by atoms with Crippen molar-refractivity contribution >= 4 is 21.8 Å². The second-order valence-corrected chi connectivity index (χ2v) is 9.51. The Labute approximate surface area is 190 Å². The number of carbonyl (C=O) groups excluding carboxylic acids is 2. The van der Waals surface area contributed by atoms with Crippen LogP contribution in [-0.2, 0) is 14.8 Å². The van der Waals surface area contributed by atoms with Gasteiger partial charge in [-0.05, 0) is 49.2 Å². The Balaban J connectivity index is 1.46. The zero-order valence-corrected chi connectivity index (χ0v) is 18.6. The Morgan fingerprint density at radius 1 is 0.909 bits per heavy atom. The summed E-state index contributed by atoms with van der Waals surface area (Å²) in [5, 5.41) is 2.49. The Morgan fingerprint density at radius 2 is 1.61 bits per heavy atom. The summed E-state index contributed by atoms with van der Waals surface area (Å²) in [5.74, 6) is -3.15. The number of carbonyl (C=O) groups is 2. The number of sulfonamides is 1. The van der Waals surface area contributed by atoms with Crippen molar-refractivity contribution in [2.75, 3.05) is 32.7 Å². The van der Waals surface area contributed by atoms with Gasteiger partial charge in [0.2, 0.25) is 15.9 Å². The van der Waals surface area contributed by atoms with Gasteiger partial charge in [0.15, 0.2) is 0 Å². The third kappa shape index (κ3) is 6.32. The lowest BCUT2D eigenvalue weighted by Gasteiger charge is -2.22. The van der Waals surface area contributed by atoms with Gasteiger partial charge in [-0.1, -0.05) is 0 Å². The zero-order chi connectivity index (χ0) is 24.0. The topological polar surface area (TPSA) is 86.8 Å². The lowest BCUT2D eigenvalue weighted by atomic mass is 10.2. The maximum absolute atomic E-state index is 13.6. The first-order chi connectivity index (χ1) is 15.7. The van der Waals surface area contributed by atoms with E-state index in [1.807, 2.05) is 0 Å². The minimum atomic E-state index is -3.79. The van der Waals surface area contributed by atoms with Gasteiger partial charge in [-0.15, -0.1) is 0 Å².